The highest BCUT2D eigenvalue weighted by Crippen LogP contribution is 2.27. The maximum absolute atomic E-state index is 11.6. The van der Waals surface area contributed by atoms with Crippen molar-refractivity contribution in [3.05, 3.63) is 52.2 Å². The molecular formula is C19H23NO3S. The molecule has 2 aromatic rings. The Bertz CT molecular complexity index is 676. The molecule has 128 valence electrons. The normalized spacial score (nSPS) is 11.7. The van der Waals surface area contributed by atoms with Crippen LogP contribution >= 0.6 is 11.3 Å². The molecule has 1 aromatic heterocycles. The van der Waals surface area contributed by atoms with Gasteiger partial charge in [0.1, 0.15) is 12.4 Å². The van der Waals surface area contributed by atoms with E-state index in [1.165, 1.54) is 11.3 Å². The van der Waals surface area contributed by atoms with Crippen LogP contribution in [-0.2, 0) is 4.79 Å². The number of carboxylic acid groups (broad SMARTS) is 1. The van der Waals surface area contributed by atoms with Gasteiger partial charge in [-0.25, -0.2) is 4.79 Å². The van der Waals surface area contributed by atoms with E-state index in [1.54, 1.807) is 6.08 Å². The number of hydrogen-bond acceptors (Lipinski definition) is 4. The van der Waals surface area contributed by atoms with E-state index in [4.69, 9.17) is 4.74 Å². The first-order valence-corrected chi connectivity index (χ1v) is 8.96. The summed E-state index contributed by atoms with van der Waals surface area (Å²) in [6, 6.07) is 11.2. The number of ether oxygens (including phenoxy) is 1. The highest BCUT2D eigenvalue weighted by atomic mass is 32.1. The van der Waals surface area contributed by atoms with Gasteiger partial charge in [0.05, 0.1) is 5.57 Å². The summed E-state index contributed by atoms with van der Waals surface area (Å²) in [6.45, 7) is 7.66. The van der Waals surface area contributed by atoms with Crippen LogP contribution in [0.3, 0.4) is 0 Å². The summed E-state index contributed by atoms with van der Waals surface area (Å²) in [6.07, 6.45) is 1.68. The van der Waals surface area contributed by atoms with E-state index in [0.29, 0.717) is 12.4 Å². The Morgan fingerprint density at radius 2 is 1.96 bits per heavy atom. The number of likely N-dealkylation sites (N-methyl/N-ethyl adjacent to an activating group) is 1. The van der Waals surface area contributed by atoms with Crippen LogP contribution in [-0.4, -0.2) is 42.2 Å². The van der Waals surface area contributed by atoms with E-state index in [-0.39, 0.29) is 5.57 Å². The topological polar surface area (TPSA) is 49.8 Å². The molecule has 4 nitrogen and oxygen atoms in total. The molecule has 0 spiro atoms. The van der Waals surface area contributed by atoms with Gasteiger partial charge in [0.15, 0.2) is 0 Å². The van der Waals surface area contributed by atoms with Crippen molar-refractivity contribution in [2.75, 3.05) is 26.2 Å². The molecule has 0 unspecified atom stereocenters. The number of thiophene rings is 1. The third-order valence-corrected chi connectivity index (χ3v) is 4.70. The molecule has 0 atom stereocenters. The van der Waals surface area contributed by atoms with Crippen molar-refractivity contribution in [2.24, 2.45) is 0 Å². The summed E-state index contributed by atoms with van der Waals surface area (Å²) in [5.74, 6) is -0.227. The van der Waals surface area contributed by atoms with Gasteiger partial charge in [-0.3, -0.25) is 0 Å². The highest BCUT2D eigenvalue weighted by Gasteiger charge is 2.13. The third-order valence-electron chi connectivity index (χ3n) is 3.80. The zero-order chi connectivity index (χ0) is 17.4. The lowest BCUT2D eigenvalue weighted by Gasteiger charge is -2.18. The number of nitrogens with zero attached hydrogens (tertiary/aromatic N) is 1. The van der Waals surface area contributed by atoms with Crippen LogP contribution in [0.4, 0.5) is 0 Å². The third kappa shape index (κ3) is 4.94. The zero-order valence-electron chi connectivity index (χ0n) is 14.1. The number of hydrogen-bond donors (Lipinski definition) is 1. The van der Waals surface area contributed by atoms with E-state index < -0.39 is 5.97 Å². The Kier molecular flexibility index (Phi) is 7.03. The van der Waals surface area contributed by atoms with Gasteiger partial charge >= 0.3 is 5.97 Å². The Labute approximate surface area is 147 Å². The first-order chi connectivity index (χ1) is 11.7. The fraction of sp³-hybridized carbons (Fsp3) is 0.316. The molecule has 1 aromatic carbocycles. The molecule has 0 radical (unpaired) electrons. The van der Waals surface area contributed by atoms with Gasteiger partial charge in [0, 0.05) is 17.0 Å². The number of benzene rings is 1. The molecule has 2 rings (SSSR count). The summed E-state index contributed by atoms with van der Waals surface area (Å²) < 4.78 is 5.89. The summed E-state index contributed by atoms with van der Waals surface area (Å²) in [5.41, 5.74) is 1.06. The van der Waals surface area contributed by atoms with Crippen LogP contribution < -0.4 is 4.74 Å². The van der Waals surface area contributed by atoms with Gasteiger partial charge in [-0.1, -0.05) is 38.1 Å². The van der Waals surface area contributed by atoms with Gasteiger partial charge in [0.2, 0.25) is 0 Å². The van der Waals surface area contributed by atoms with E-state index in [0.717, 1.165) is 30.1 Å². The molecule has 1 N–H and O–H groups in total. The Morgan fingerprint density at radius 3 is 2.58 bits per heavy atom. The van der Waals surface area contributed by atoms with Gasteiger partial charge in [0.25, 0.3) is 0 Å². The molecular weight excluding hydrogens is 322 g/mol. The first-order valence-electron chi connectivity index (χ1n) is 8.08. The van der Waals surface area contributed by atoms with E-state index in [2.05, 4.69) is 18.7 Å². The number of carboxylic acids is 1. The SMILES string of the molecule is CCN(CC)CCOc1ccccc1/C=C(\C(=O)O)c1cccs1. The van der Waals surface area contributed by atoms with Crippen LogP contribution in [0.15, 0.2) is 41.8 Å². The lowest BCUT2D eigenvalue weighted by Crippen LogP contribution is -2.28. The second-order valence-corrected chi connectivity index (χ2v) is 6.20. The van der Waals surface area contributed by atoms with Crippen LogP contribution in [0.2, 0.25) is 0 Å². The Balaban J connectivity index is 2.18. The predicted octanol–water partition coefficient (Wildman–Crippen LogP) is 4.09. The molecule has 0 aliphatic carbocycles. The highest BCUT2D eigenvalue weighted by molar-refractivity contribution is 7.11. The van der Waals surface area contributed by atoms with Crippen molar-refractivity contribution in [2.45, 2.75) is 13.8 Å². The van der Waals surface area contributed by atoms with Crippen molar-refractivity contribution in [1.82, 2.24) is 4.90 Å². The summed E-state index contributed by atoms with van der Waals surface area (Å²) in [5, 5.41) is 11.4. The fourth-order valence-corrected chi connectivity index (χ4v) is 3.12. The Morgan fingerprint density at radius 1 is 1.21 bits per heavy atom. The second kappa shape index (κ2) is 9.25. The Hall–Kier alpha value is -2.11. The summed E-state index contributed by atoms with van der Waals surface area (Å²) in [7, 11) is 0. The van der Waals surface area contributed by atoms with Crippen molar-refractivity contribution >= 4 is 29.0 Å². The van der Waals surface area contributed by atoms with E-state index >= 15 is 0 Å². The van der Waals surface area contributed by atoms with Crippen LogP contribution in [0, 0.1) is 0 Å². The maximum Gasteiger partial charge on any atom is 0.337 e. The molecule has 24 heavy (non-hydrogen) atoms. The predicted molar refractivity (Wildman–Crippen MR) is 99.6 cm³/mol. The van der Waals surface area contributed by atoms with Crippen molar-refractivity contribution in [1.29, 1.82) is 0 Å². The number of rotatable bonds is 9. The van der Waals surface area contributed by atoms with Crippen molar-refractivity contribution in [3.63, 3.8) is 0 Å². The summed E-state index contributed by atoms with van der Waals surface area (Å²) in [4.78, 5) is 14.6. The molecule has 0 aliphatic heterocycles. The van der Waals surface area contributed by atoms with Gasteiger partial charge in [-0.15, -0.1) is 11.3 Å². The second-order valence-electron chi connectivity index (χ2n) is 5.25. The van der Waals surface area contributed by atoms with Gasteiger partial charge < -0.3 is 14.7 Å². The molecule has 0 saturated heterocycles. The molecule has 1 heterocycles. The van der Waals surface area contributed by atoms with Crippen molar-refractivity contribution < 1.29 is 14.6 Å². The lowest BCUT2D eigenvalue weighted by atomic mass is 10.1. The van der Waals surface area contributed by atoms with Gasteiger partial charge in [-0.2, -0.15) is 0 Å². The molecule has 0 bridgehead atoms. The van der Waals surface area contributed by atoms with Crippen LogP contribution in [0.1, 0.15) is 24.3 Å². The maximum atomic E-state index is 11.6. The minimum Gasteiger partial charge on any atom is -0.492 e. The van der Waals surface area contributed by atoms with Crippen LogP contribution in [0.25, 0.3) is 11.6 Å². The first kappa shape index (κ1) is 18.2. The number of carbonyl (C=O) groups is 1. The largest absolute Gasteiger partial charge is 0.492 e. The molecule has 0 aliphatic rings. The van der Waals surface area contributed by atoms with Crippen molar-refractivity contribution in [3.8, 4) is 5.75 Å². The molecule has 0 fully saturated rings. The minimum atomic E-state index is -0.935. The smallest absolute Gasteiger partial charge is 0.337 e. The van der Waals surface area contributed by atoms with E-state index in [1.807, 2.05) is 41.8 Å². The van der Waals surface area contributed by atoms with Crippen LogP contribution in [0.5, 0.6) is 5.75 Å². The number of para-hydroxylation sites is 1. The molecule has 0 amide bonds. The molecule has 5 heteroatoms. The number of aliphatic carboxylic acids is 1. The minimum absolute atomic E-state index is 0.282. The van der Waals surface area contributed by atoms with Gasteiger partial charge in [-0.05, 0) is 36.7 Å². The standard InChI is InChI=1S/C19H23NO3S/c1-3-20(4-2)11-12-23-17-9-6-5-8-15(17)14-16(19(21)22)18-10-7-13-24-18/h5-10,13-14H,3-4,11-12H2,1-2H3,(H,21,22)/b16-14-. The molecule has 0 saturated carbocycles. The average Bonchev–Trinajstić information content (AvgIpc) is 3.11. The quantitative estimate of drug-likeness (QED) is 0.695. The zero-order valence-corrected chi connectivity index (χ0v) is 14.9. The average molecular weight is 345 g/mol. The monoisotopic (exact) mass is 345 g/mol. The fourth-order valence-electron chi connectivity index (χ4n) is 2.38. The lowest BCUT2D eigenvalue weighted by molar-refractivity contribution is -0.130. The summed E-state index contributed by atoms with van der Waals surface area (Å²) >= 11 is 1.42. The van der Waals surface area contributed by atoms with E-state index in [9.17, 15) is 9.90 Å².